The third kappa shape index (κ3) is 4.48. The van der Waals surface area contributed by atoms with E-state index in [-0.39, 0.29) is 5.91 Å². The quantitative estimate of drug-likeness (QED) is 0.825. The molecule has 0 saturated heterocycles. The third-order valence-corrected chi connectivity index (χ3v) is 3.19. The summed E-state index contributed by atoms with van der Waals surface area (Å²) in [5.41, 5.74) is 2.35. The Morgan fingerprint density at radius 3 is 2.55 bits per heavy atom. The number of aromatic nitrogens is 1. The molecule has 0 unspecified atom stereocenters. The van der Waals surface area contributed by atoms with Crippen LogP contribution in [0.25, 0.3) is 0 Å². The Morgan fingerprint density at radius 1 is 1.18 bits per heavy atom. The monoisotopic (exact) mass is 299 g/mol. The highest BCUT2D eigenvalue weighted by Crippen LogP contribution is 2.11. The van der Waals surface area contributed by atoms with Gasteiger partial charge >= 0.3 is 0 Å². The van der Waals surface area contributed by atoms with Crippen molar-refractivity contribution in [2.75, 3.05) is 19.0 Å². The number of carbonyl (C=O) groups excluding carboxylic acids is 1. The van der Waals surface area contributed by atoms with Crippen LogP contribution in [-0.2, 0) is 6.54 Å². The summed E-state index contributed by atoms with van der Waals surface area (Å²) in [5.74, 6) is 0.616. The van der Waals surface area contributed by atoms with Gasteiger partial charge in [-0.25, -0.2) is 4.98 Å². The van der Waals surface area contributed by atoms with Gasteiger partial charge < -0.3 is 15.4 Å². The normalized spacial score (nSPS) is 10.1. The molecule has 1 amide bonds. The van der Waals surface area contributed by atoms with E-state index in [0.29, 0.717) is 12.2 Å². The van der Waals surface area contributed by atoms with E-state index in [0.717, 1.165) is 30.0 Å². The first-order valence-electron chi connectivity index (χ1n) is 7.34. The number of benzene rings is 1. The summed E-state index contributed by atoms with van der Waals surface area (Å²) in [4.78, 5) is 16.2. The van der Waals surface area contributed by atoms with Gasteiger partial charge in [-0.05, 0) is 36.2 Å². The van der Waals surface area contributed by atoms with E-state index in [4.69, 9.17) is 4.74 Å². The Morgan fingerprint density at radius 2 is 1.95 bits per heavy atom. The topological polar surface area (TPSA) is 63.2 Å². The molecule has 2 aromatic rings. The van der Waals surface area contributed by atoms with E-state index in [1.807, 2.05) is 30.3 Å². The maximum absolute atomic E-state index is 12.0. The van der Waals surface area contributed by atoms with E-state index in [2.05, 4.69) is 22.5 Å². The maximum atomic E-state index is 12.0. The van der Waals surface area contributed by atoms with Crippen LogP contribution in [0.4, 0.5) is 5.69 Å². The van der Waals surface area contributed by atoms with Gasteiger partial charge in [0.05, 0.1) is 19.0 Å². The predicted octanol–water partition coefficient (Wildman–Crippen LogP) is 2.84. The summed E-state index contributed by atoms with van der Waals surface area (Å²) in [5, 5.41) is 6.08. The second-order valence-electron chi connectivity index (χ2n) is 4.89. The Labute approximate surface area is 130 Å². The predicted molar refractivity (Wildman–Crippen MR) is 87.2 cm³/mol. The molecule has 5 heteroatoms. The van der Waals surface area contributed by atoms with Gasteiger partial charge in [-0.2, -0.15) is 0 Å². The zero-order chi connectivity index (χ0) is 15.8. The van der Waals surface area contributed by atoms with Crippen LogP contribution in [0.3, 0.4) is 0 Å². The van der Waals surface area contributed by atoms with Crippen LogP contribution in [0.1, 0.15) is 29.4 Å². The smallest absolute Gasteiger partial charge is 0.270 e. The molecule has 22 heavy (non-hydrogen) atoms. The van der Waals surface area contributed by atoms with Crippen molar-refractivity contribution in [1.29, 1.82) is 0 Å². The first-order chi connectivity index (χ1) is 10.7. The number of hydrogen-bond donors (Lipinski definition) is 2. The number of nitrogens with one attached hydrogen (secondary N) is 2. The fourth-order valence-corrected chi connectivity index (χ4v) is 1.92. The Balaban J connectivity index is 1.88. The number of ether oxygens (including phenoxy) is 1. The van der Waals surface area contributed by atoms with Gasteiger partial charge in [0.1, 0.15) is 11.4 Å². The highest BCUT2D eigenvalue weighted by molar-refractivity contribution is 5.92. The van der Waals surface area contributed by atoms with Crippen LogP contribution >= 0.6 is 0 Å². The average Bonchev–Trinajstić information content (AvgIpc) is 2.58. The van der Waals surface area contributed by atoms with Crippen molar-refractivity contribution in [3.8, 4) is 5.75 Å². The van der Waals surface area contributed by atoms with Crippen LogP contribution in [0, 0.1) is 0 Å². The SMILES string of the molecule is CCCNc1ccc(C(=O)NCc2ccc(OC)cc2)nc1. The van der Waals surface area contributed by atoms with Gasteiger partial charge in [-0.1, -0.05) is 19.1 Å². The lowest BCUT2D eigenvalue weighted by Crippen LogP contribution is -2.23. The molecule has 1 aromatic carbocycles. The van der Waals surface area contributed by atoms with Crippen LogP contribution < -0.4 is 15.4 Å². The Hall–Kier alpha value is -2.56. The van der Waals surface area contributed by atoms with Gasteiger partial charge in [-0.3, -0.25) is 4.79 Å². The van der Waals surface area contributed by atoms with Crippen molar-refractivity contribution in [3.05, 3.63) is 53.9 Å². The van der Waals surface area contributed by atoms with Crippen molar-refractivity contribution >= 4 is 11.6 Å². The largest absolute Gasteiger partial charge is 0.497 e. The standard InChI is InChI=1S/C17H21N3O2/c1-3-10-18-14-6-9-16(19-12-14)17(21)20-11-13-4-7-15(22-2)8-5-13/h4-9,12,18H,3,10-11H2,1-2H3,(H,20,21). The molecule has 0 atom stereocenters. The molecule has 0 aliphatic rings. The zero-order valence-corrected chi connectivity index (χ0v) is 12.9. The number of carbonyl (C=O) groups is 1. The highest BCUT2D eigenvalue weighted by Gasteiger charge is 2.06. The fraction of sp³-hybridized carbons (Fsp3) is 0.294. The van der Waals surface area contributed by atoms with E-state index in [9.17, 15) is 4.79 Å². The molecule has 116 valence electrons. The number of amides is 1. The number of pyridine rings is 1. The molecule has 0 bridgehead atoms. The highest BCUT2D eigenvalue weighted by atomic mass is 16.5. The van der Waals surface area contributed by atoms with Crippen molar-refractivity contribution in [3.63, 3.8) is 0 Å². The van der Waals surface area contributed by atoms with Gasteiger partial charge in [0.25, 0.3) is 5.91 Å². The minimum Gasteiger partial charge on any atom is -0.497 e. The van der Waals surface area contributed by atoms with Gasteiger partial charge in [-0.15, -0.1) is 0 Å². The summed E-state index contributed by atoms with van der Waals surface area (Å²) in [6, 6.07) is 11.2. The maximum Gasteiger partial charge on any atom is 0.270 e. The zero-order valence-electron chi connectivity index (χ0n) is 12.9. The number of hydrogen-bond acceptors (Lipinski definition) is 4. The minimum atomic E-state index is -0.183. The fourth-order valence-electron chi connectivity index (χ4n) is 1.92. The average molecular weight is 299 g/mol. The first kappa shape index (κ1) is 15.8. The molecule has 0 spiro atoms. The van der Waals surface area contributed by atoms with E-state index >= 15 is 0 Å². The van der Waals surface area contributed by atoms with E-state index < -0.39 is 0 Å². The van der Waals surface area contributed by atoms with Gasteiger partial charge in [0.2, 0.25) is 0 Å². The van der Waals surface area contributed by atoms with E-state index in [1.165, 1.54) is 0 Å². The molecule has 0 aliphatic heterocycles. The molecule has 2 rings (SSSR count). The van der Waals surface area contributed by atoms with E-state index in [1.54, 1.807) is 19.4 Å². The molecular formula is C17H21N3O2. The Kier molecular flexibility index (Phi) is 5.77. The lowest BCUT2D eigenvalue weighted by Gasteiger charge is -2.07. The lowest BCUT2D eigenvalue weighted by molar-refractivity contribution is 0.0946. The summed E-state index contributed by atoms with van der Waals surface area (Å²) in [6.45, 7) is 3.45. The molecule has 0 radical (unpaired) electrons. The Bertz CT molecular complexity index is 594. The molecule has 1 aromatic heterocycles. The van der Waals surface area contributed by atoms with Crippen molar-refractivity contribution < 1.29 is 9.53 Å². The van der Waals surface area contributed by atoms with Gasteiger partial charge in [0.15, 0.2) is 0 Å². The molecular weight excluding hydrogens is 278 g/mol. The summed E-state index contributed by atoms with van der Waals surface area (Å²) < 4.78 is 5.10. The second-order valence-corrected chi connectivity index (χ2v) is 4.89. The molecule has 0 saturated carbocycles. The number of nitrogens with zero attached hydrogens (tertiary/aromatic N) is 1. The second kappa shape index (κ2) is 8.02. The molecule has 0 fully saturated rings. The van der Waals surface area contributed by atoms with Crippen LogP contribution in [0.2, 0.25) is 0 Å². The van der Waals surface area contributed by atoms with Crippen molar-refractivity contribution in [2.45, 2.75) is 19.9 Å². The number of anilines is 1. The van der Waals surface area contributed by atoms with Crippen molar-refractivity contribution in [1.82, 2.24) is 10.3 Å². The summed E-state index contributed by atoms with van der Waals surface area (Å²) in [7, 11) is 1.63. The third-order valence-electron chi connectivity index (χ3n) is 3.19. The van der Waals surface area contributed by atoms with Crippen LogP contribution in [-0.4, -0.2) is 24.5 Å². The molecule has 1 heterocycles. The summed E-state index contributed by atoms with van der Waals surface area (Å²) in [6.07, 6.45) is 2.72. The number of methoxy groups -OCH3 is 1. The van der Waals surface area contributed by atoms with Gasteiger partial charge in [0, 0.05) is 13.1 Å². The molecule has 0 aliphatic carbocycles. The number of rotatable bonds is 7. The minimum absolute atomic E-state index is 0.183. The first-order valence-corrected chi connectivity index (χ1v) is 7.34. The lowest BCUT2D eigenvalue weighted by atomic mass is 10.2. The van der Waals surface area contributed by atoms with Crippen LogP contribution in [0.5, 0.6) is 5.75 Å². The summed E-state index contributed by atoms with van der Waals surface area (Å²) >= 11 is 0. The van der Waals surface area contributed by atoms with Crippen LogP contribution in [0.15, 0.2) is 42.6 Å². The van der Waals surface area contributed by atoms with Crippen molar-refractivity contribution in [2.24, 2.45) is 0 Å². The molecule has 5 nitrogen and oxygen atoms in total. The molecule has 2 N–H and O–H groups in total.